The van der Waals surface area contributed by atoms with E-state index in [4.69, 9.17) is 4.74 Å². The van der Waals surface area contributed by atoms with Gasteiger partial charge in [0.25, 0.3) is 0 Å². The van der Waals surface area contributed by atoms with Crippen molar-refractivity contribution in [3.63, 3.8) is 0 Å². The molecule has 1 N–H and O–H groups in total. The first-order valence-electron chi connectivity index (χ1n) is 11.3. The van der Waals surface area contributed by atoms with Crippen LogP contribution in [0.15, 0.2) is 47.6 Å². The number of likely N-dealkylation sites (tertiary alicyclic amines) is 1. The van der Waals surface area contributed by atoms with Crippen molar-refractivity contribution in [2.75, 3.05) is 13.2 Å². The minimum absolute atomic E-state index is 0.223. The first-order chi connectivity index (χ1) is 16.6. The lowest BCUT2D eigenvalue weighted by Gasteiger charge is -2.47. The van der Waals surface area contributed by atoms with Crippen molar-refractivity contribution in [2.45, 2.75) is 54.5 Å². The van der Waals surface area contributed by atoms with Crippen LogP contribution in [-0.2, 0) is 15.6 Å². The zero-order valence-corrected chi connectivity index (χ0v) is 20.7. The zero-order valence-electron chi connectivity index (χ0n) is 19.0. The van der Waals surface area contributed by atoms with Crippen molar-refractivity contribution in [1.29, 1.82) is 0 Å². The van der Waals surface area contributed by atoms with Gasteiger partial charge >= 0.3 is 0 Å². The van der Waals surface area contributed by atoms with Crippen LogP contribution in [0.4, 0.5) is 8.78 Å². The summed E-state index contributed by atoms with van der Waals surface area (Å²) < 4.78 is 64.2. The lowest BCUT2D eigenvalue weighted by atomic mass is 9.82. The molecule has 3 heterocycles. The minimum Gasteiger partial charge on any atom is -0.493 e. The summed E-state index contributed by atoms with van der Waals surface area (Å²) in [4.78, 5) is 5.65. The third-order valence-electron chi connectivity index (χ3n) is 6.72. The fraction of sp³-hybridized carbons (Fsp3) is 0.417. The zero-order chi connectivity index (χ0) is 24.8. The maximum Gasteiger partial charge on any atom is 0.187 e. The Morgan fingerprint density at radius 3 is 2.71 bits per heavy atom. The number of piperidine rings is 1. The van der Waals surface area contributed by atoms with Gasteiger partial charge in [0.15, 0.2) is 9.84 Å². The molecule has 2 aromatic carbocycles. The third kappa shape index (κ3) is 4.95. The van der Waals surface area contributed by atoms with Crippen LogP contribution in [0.2, 0.25) is 0 Å². The molecule has 0 unspecified atom stereocenters. The summed E-state index contributed by atoms with van der Waals surface area (Å²) in [5.41, 5.74) is 0.533. The summed E-state index contributed by atoms with van der Waals surface area (Å²) in [6.07, 6.45) is 2.79. The molecule has 7 nitrogen and oxygen atoms in total. The number of rotatable bonds is 5. The fourth-order valence-electron chi connectivity index (χ4n) is 4.98. The summed E-state index contributed by atoms with van der Waals surface area (Å²) >= 11 is 0.953. The number of ether oxygens (including phenoxy) is 1. The summed E-state index contributed by atoms with van der Waals surface area (Å²) in [7, 11) is -3.99. The first-order valence-corrected chi connectivity index (χ1v) is 13.7. The van der Waals surface area contributed by atoms with Gasteiger partial charge in [-0.2, -0.15) is 4.37 Å². The van der Waals surface area contributed by atoms with Crippen LogP contribution in [0.25, 0.3) is 0 Å². The molecule has 0 saturated carbocycles. The van der Waals surface area contributed by atoms with Crippen LogP contribution in [0.1, 0.15) is 54.4 Å². The van der Waals surface area contributed by atoms with Gasteiger partial charge in [-0.1, -0.05) is 12.1 Å². The molecule has 11 heteroatoms. The number of sulfone groups is 1. The Kier molecular flexibility index (Phi) is 6.37. The van der Waals surface area contributed by atoms with Crippen molar-refractivity contribution in [1.82, 2.24) is 14.3 Å². The van der Waals surface area contributed by atoms with Crippen molar-refractivity contribution >= 4 is 21.4 Å². The molecule has 186 valence electrons. The van der Waals surface area contributed by atoms with E-state index < -0.39 is 31.9 Å². The van der Waals surface area contributed by atoms with Crippen molar-refractivity contribution in [3.05, 3.63) is 70.5 Å². The second-order valence-electron chi connectivity index (χ2n) is 9.32. The molecule has 1 aromatic heterocycles. The molecule has 3 atom stereocenters. The molecule has 0 spiro atoms. The van der Waals surface area contributed by atoms with E-state index in [-0.39, 0.29) is 22.9 Å². The van der Waals surface area contributed by atoms with Crippen molar-refractivity contribution in [2.24, 2.45) is 0 Å². The molecule has 5 rings (SSSR count). The number of hydrogen-bond donors (Lipinski definition) is 1. The molecular weight excluding hydrogens is 496 g/mol. The summed E-state index contributed by atoms with van der Waals surface area (Å²) in [5, 5.41) is 11.1. The van der Waals surface area contributed by atoms with Crippen molar-refractivity contribution in [3.8, 4) is 5.75 Å². The molecule has 3 aromatic rings. The van der Waals surface area contributed by atoms with Gasteiger partial charge < -0.3 is 9.84 Å². The van der Waals surface area contributed by atoms with Gasteiger partial charge in [-0.3, -0.25) is 4.90 Å². The van der Waals surface area contributed by atoms with Gasteiger partial charge in [-0.25, -0.2) is 22.2 Å². The Labute approximate surface area is 206 Å². The van der Waals surface area contributed by atoms with Gasteiger partial charge in [0.05, 0.1) is 12.2 Å². The van der Waals surface area contributed by atoms with Crippen molar-refractivity contribution < 1.29 is 27.0 Å². The largest absolute Gasteiger partial charge is 0.493 e. The highest BCUT2D eigenvalue weighted by Crippen LogP contribution is 2.46. The number of halogens is 2. The Bertz CT molecular complexity index is 1320. The van der Waals surface area contributed by atoms with E-state index in [0.717, 1.165) is 17.1 Å². The maximum absolute atomic E-state index is 15.3. The molecule has 0 bridgehead atoms. The average Bonchev–Trinajstić information content (AvgIpc) is 3.31. The number of nitrogens with zero attached hydrogens (tertiary/aromatic N) is 3. The topological polar surface area (TPSA) is 92.6 Å². The molecule has 2 aliphatic rings. The van der Waals surface area contributed by atoms with E-state index >= 15 is 4.39 Å². The normalized spacial score (nSPS) is 25.1. The SMILES string of the molecule is C[C@]1(O)CCN([C@H]2CCOc3cc(S(=O)(=O)Cc4ncns4)c(F)cc32)[C@H](c2ccc(F)cc2)C1. The van der Waals surface area contributed by atoms with Crippen LogP contribution in [-0.4, -0.2) is 46.5 Å². The summed E-state index contributed by atoms with van der Waals surface area (Å²) in [6.45, 7) is 2.66. The average molecular weight is 522 g/mol. The number of aromatic nitrogens is 2. The third-order valence-corrected chi connectivity index (χ3v) is 9.20. The Hall–Kier alpha value is -2.47. The van der Waals surface area contributed by atoms with E-state index in [0.29, 0.717) is 43.7 Å². The van der Waals surface area contributed by atoms with Crippen LogP contribution in [0.5, 0.6) is 5.75 Å². The highest BCUT2D eigenvalue weighted by molar-refractivity contribution is 7.90. The molecular formula is C24H25F2N3O4S2. The highest BCUT2D eigenvalue weighted by Gasteiger charge is 2.41. The van der Waals surface area contributed by atoms with Gasteiger partial charge in [-0.15, -0.1) is 0 Å². The Morgan fingerprint density at radius 1 is 1.23 bits per heavy atom. The molecule has 0 aliphatic carbocycles. The van der Waals surface area contributed by atoms with Crippen LogP contribution in [0, 0.1) is 11.6 Å². The van der Waals surface area contributed by atoms with Gasteiger partial charge in [-0.05, 0) is 55.1 Å². The molecule has 0 radical (unpaired) electrons. The first kappa shape index (κ1) is 24.2. The van der Waals surface area contributed by atoms with E-state index in [9.17, 15) is 17.9 Å². The van der Waals surface area contributed by atoms with E-state index in [2.05, 4.69) is 14.3 Å². The van der Waals surface area contributed by atoms with Gasteiger partial charge in [0.2, 0.25) is 0 Å². The molecule has 1 fully saturated rings. The molecule has 0 amide bonds. The number of aliphatic hydroxyl groups is 1. The van der Waals surface area contributed by atoms with E-state index in [1.165, 1.54) is 30.6 Å². The standard InChI is InChI=1S/C24H25F2N3O4S2/c1-24(30)7-8-29(20(12-24)15-2-4-16(25)5-3-15)19-6-9-33-21-11-22(18(26)10-17(19)21)35(31,32)13-23-27-14-28-34-23/h2-5,10-11,14,19-20,30H,6-9,12-13H2,1H3/t19-,20-,24-/m0/s1. The summed E-state index contributed by atoms with van der Waals surface area (Å²) in [6, 6.07) is 8.24. The second kappa shape index (κ2) is 9.20. The minimum atomic E-state index is -3.99. The highest BCUT2D eigenvalue weighted by atomic mass is 32.2. The van der Waals surface area contributed by atoms with Crippen LogP contribution >= 0.6 is 11.5 Å². The quantitative estimate of drug-likeness (QED) is 0.538. The predicted molar refractivity (Wildman–Crippen MR) is 126 cm³/mol. The predicted octanol–water partition coefficient (Wildman–Crippen LogP) is 4.20. The maximum atomic E-state index is 15.3. The fourth-order valence-corrected chi connectivity index (χ4v) is 7.17. The van der Waals surface area contributed by atoms with Crippen LogP contribution in [0.3, 0.4) is 0 Å². The molecule has 2 aliphatic heterocycles. The smallest absolute Gasteiger partial charge is 0.187 e. The van der Waals surface area contributed by atoms with Gasteiger partial charge in [0, 0.05) is 36.7 Å². The number of hydrogen-bond acceptors (Lipinski definition) is 8. The van der Waals surface area contributed by atoms with E-state index in [1.54, 1.807) is 19.1 Å². The number of benzene rings is 2. The van der Waals surface area contributed by atoms with E-state index in [1.807, 2.05) is 0 Å². The lowest BCUT2D eigenvalue weighted by molar-refractivity contribution is -0.0541. The Balaban J connectivity index is 1.50. The van der Waals surface area contributed by atoms with Crippen LogP contribution < -0.4 is 4.74 Å². The second-order valence-corrected chi connectivity index (χ2v) is 12.1. The molecule has 35 heavy (non-hydrogen) atoms. The molecule has 1 saturated heterocycles. The lowest BCUT2D eigenvalue weighted by Crippen LogP contribution is -2.47. The van der Waals surface area contributed by atoms with Gasteiger partial charge in [0.1, 0.15) is 39.4 Å². The summed E-state index contributed by atoms with van der Waals surface area (Å²) in [5.74, 6) is -1.30. The number of fused-ring (bicyclic) bond motifs is 1. The Morgan fingerprint density at radius 2 is 2.00 bits per heavy atom. The monoisotopic (exact) mass is 521 g/mol.